The third-order valence-electron chi connectivity index (χ3n) is 4.75. The molecular formula is C19H32N2. The molecule has 0 aromatic heterocycles. The average molecular weight is 288 g/mol. The predicted octanol–water partition coefficient (Wildman–Crippen LogP) is 4.08. The minimum absolute atomic E-state index is 0.454. The van der Waals surface area contributed by atoms with Gasteiger partial charge in [0.15, 0.2) is 0 Å². The molecule has 0 amide bonds. The molecule has 1 aliphatic rings. The van der Waals surface area contributed by atoms with E-state index in [1.165, 1.54) is 42.6 Å². The van der Waals surface area contributed by atoms with Crippen LogP contribution in [0.25, 0.3) is 0 Å². The second kappa shape index (κ2) is 6.93. The summed E-state index contributed by atoms with van der Waals surface area (Å²) in [5, 5.41) is 3.68. The summed E-state index contributed by atoms with van der Waals surface area (Å²) in [5.74, 6) is 0. The number of piperidine rings is 1. The maximum atomic E-state index is 3.68. The molecule has 2 nitrogen and oxygen atoms in total. The Morgan fingerprint density at radius 3 is 2.19 bits per heavy atom. The van der Waals surface area contributed by atoms with Crippen LogP contribution in [0.15, 0.2) is 18.2 Å². The van der Waals surface area contributed by atoms with E-state index in [4.69, 9.17) is 0 Å². The van der Waals surface area contributed by atoms with Gasteiger partial charge in [0.2, 0.25) is 0 Å². The molecule has 118 valence electrons. The lowest BCUT2D eigenvalue weighted by atomic mass is 9.82. The third-order valence-corrected chi connectivity index (χ3v) is 4.75. The van der Waals surface area contributed by atoms with Gasteiger partial charge in [0, 0.05) is 12.6 Å². The summed E-state index contributed by atoms with van der Waals surface area (Å²) in [7, 11) is 0. The molecule has 0 radical (unpaired) electrons. The summed E-state index contributed by atoms with van der Waals surface area (Å²) >= 11 is 0. The lowest BCUT2D eigenvalue weighted by molar-refractivity contribution is 0.122. The third kappa shape index (κ3) is 4.82. The number of hydrogen-bond donors (Lipinski definition) is 1. The van der Waals surface area contributed by atoms with Gasteiger partial charge in [-0.1, -0.05) is 50.1 Å². The van der Waals surface area contributed by atoms with E-state index in [2.05, 4.69) is 63.0 Å². The van der Waals surface area contributed by atoms with Gasteiger partial charge in [-0.15, -0.1) is 0 Å². The van der Waals surface area contributed by atoms with Gasteiger partial charge in [-0.25, -0.2) is 0 Å². The zero-order valence-electron chi connectivity index (χ0n) is 14.5. The molecule has 1 unspecified atom stereocenters. The Kier molecular flexibility index (Phi) is 5.45. The first-order valence-electron chi connectivity index (χ1n) is 8.43. The maximum Gasteiger partial charge on any atom is 0.0449 e. The molecule has 1 saturated heterocycles. The maximum absolute atomic E-state index is 3.68. The van der Waals surface area contributed by atoms with Crippen LogP contribution in [0.4, 0.5) is 0 Å². The topological polar surface area (TPSA) is 15.3 Å². The van der Waals surface area contributed by atoms with Crippen molar-refractivity contribution in [3.05, 3.63) is 34.9 Å². The number of rotatable bonds is 5. The molecule has 0 aliphatic carbocycles. The monoisotopic (exact) mass is 288 g/mol. The van der Waals surface area contributed by atoms with Crippen molar-refractivity contribution in [1.82, 2.24) is 10.2 Å². The highest BCUT2D eigenvalue weighted by Gasteiger charge is 2.26. The number of benzene rings is 1. The van der Waals surface area contributed by atoms with Crippen LogP contribution in [0.1, 0.15) is 56.3 Å². The highest BCUT2D eigenvalue weighted by Crippen LogP contribution is 2.30. The van der Waals surface area contributed by atoms with Gasteiger partial charge in [0.05, 0.1) is 0 Å². The second-order valence-electron chi connectivity index (χ2n) is 7.50. The summed E-state index contributed by atoms with van der Waals surface area (Å²) in [6.07, 6.45) is 2.64. The normalized spacial score (nSPS) is 20.4. The van der Waals surface area contributed by atoms with Gasteiger partial charge in [-0.3, -0.25) is 0 Å². The van der Waals surface area contributed by atoms with Crippen LogP contribution in [0.5, 0.6) is 0 Å². The number of likely N-dealkylation sites (tertiary alicyclic amines) is 1. The lowest BCUT2D eigenvalue weighted by Gasteiger charge is -2.38. The van der Waals surface area contributed by atoms with Gasteiger partial charge in [-0.05, 0) is 57.3 Å². The molecule has 1 atom stereocenters. The fourth-order valence-electron chi connectivity index (χ4n) is 3.34. The zero-order valence-corrected chi connectivity index (χ0v) is 14.5. The Bertz CT molecular complexity index is 434. The number of aryl methyl sites for hydroxylation is 2. The average Bonchev–Trinajstić information content (AvgIpc) is 2.39. The summed E-state index contributed by atoms with van der Waals surface area (Å²) in [5.41, 5.74) is 4.71. The molecule has 1 aromatic carbocycles. The fourth-order valence-corrected chi connectivity index (χ4v) is 3.34. The molecule has 0 spiro atoms. The molecule has 0 saturated carbocycles. The molecule has 1 aliphatic heterocycles. The van der Waals surface area contributed by atoms with Crippen molar-refractivity contribution in [2.45, 2.75) is 53.5 Å². The molecular weight excluding hydrogens is 256 g/mol. The Labute approximate surface area is 130 Å². The van der Waals surface area contributed by atoms with Gasteiger partial charge in [0.1, 0.15) is 0 Å². The molecule has 21 heavy (non-hydrogen) atoms. The van der Waals surface area contributed by atoms with E-state index in [1.807, 2.05) is 0 Å². The first kappa shape index (κ1) is 16.5. The molecule has 1 fully saturated rings. The Hall–Kier alpha value is -0.860. The summed E-state index contributed by atoms with van der Waals surface area (Å²) in [6, 6.07) is 7.40. The van der Waals surface area contributed by atoms with Crippen molar-refractivity contribution in [1.29, 1.82) is 0 Å². The smallest absolute Gasteiger partial charge is 0.0449 e. The Morgan fingerprint density at radius 1 is 1.10 bits per heavy atom. The standard InChI is InChI=1S/C19H32N2/c1-6-20-18(17-12-15(2)11-16(3)13-17)14-21-9-7-19(4,5)8-10-21/h11-13,18,20H,6-10,14H2,1-5H3. The molecule has 1 aromatic rings. The first-order chi connectivity index (χ1) is 9.89. The van der Waals surface area contributed by atoms with Gasteiger partial charge >= 0.3 is 0 Å². The SMILES string of the molecule is CCNC(CN1CCC(C)(C)CC1)c1cc(C)cc(C)c1. The summed E-state index contributed by atoms with van der Waals surface area (Å²) in [4.78, 5) is 2.64. The molecule has 2 rings (SSSR count). The van der Waals surface area contributed by atoms with Crippen LogP contribution in [0.3, 0.4) is 0 Å². The molecule has 1 N–H and O–H groups in total. The molecule has 1 heterocycles. The van der Waals surface area contributed by atoms with Crippen LogP contribution in [-0.4, -0.2) is 31.1 Å². The highest BCUT2D eigenvalue weighted by molar-refractivity contribution is 5.31. The van der Waals surface area contributed by atoms with E-state index < -0.39 is 0 Å². The number of nitrogens with one attached hydrogen (secondary N) is 1. The van der Waals surface area contributed by atoms with Crippen LogP contribution < -0.4 is 5.32 Å². The number of nitrogens with zero attached hydrogens (tertiary/aromatic N) is 1. The first-order valence-corrected chi connectivity index (χ1v) is 8.43. The Balaban J connectivity index is 2.05. The summed E-state index contributed by atoms with van der Waals surface area (Å²) < 4.78 is 0. The van der Waals surface area contributed by atoms with E-state index in [0.717, 1.165) is 13.1 Å². The minimum Gasteiger partial charge on any atom is -0.309 e. The van der Waals surface area contributed by atoms with Crippen LogP contribution in [-0.2, 0) is 0 Å². The summed E-state index contributed by atoms with van der Waals surface area (Å²) in [6.45, 7) is 16.0. The van der Waals surface area contributed by atoms with Crippen LogP contribution in [0, 0.1) is 19.3 Å². The van der Waals surface area contributed by atoms with Gasteiger partial charge in [-0.2, -0.15) is 0 Å². The van der Waals surface area contributed by atoms with Crippen molar-refractivity contribution in [2.24, 2.45) is 5.41 Å². The van der Waals surface area contributed by atoms with E-state index in [1.54, 1.807) is 0 Å². The van der Waals surface area contributed by atoms with E-state index in [9.17, 15) is 0 Å². The van der Waals surface area contributed by atoms with E-state index in [0.29, 0.717) is 11.5 Å². The number of likely N-dealkylation sites (N-methyl/N-ethyl adjacent to an activating group) is 1. The second-order valence-corrected chi connectivity index (χ2v) is 7.50. The van der Waals surface area contributed by atoms with Crippen molar-refractivity contribution in [3.8, 4) is 0 Å². The quantitative estimate of drug-likeness (QED) is 0.878. The van der Waals surface area contributed by atoms with Crippen molar-refractivity contribution < 1.29 is 0 Å². The zero-order chi connectivity index (χ0) is 15.5. The lowest BCUT2D eigenvalue weighted by Crippen LogP contribution is -2.42. The Morgan fingerprint density at radius 2 is 1.67 bits per heavy atom. The largest absolute Gasteiger partial charge is 0.309 e. The van der Waals surface area contributed by atoms with Crippen molar-refractivity contribution in [2.75, 3.05) is 26.2 Å². The predicted molar refractivity (Wildman–Crippen MR) is 91.8 cm³/mol. The highest BCUT2D eigenvalue weighted by atomic mass is 15.2. The number of hydrogen-bond acceptors (Lipinski definition) is 2. The van der Waals surface area contributed by atoms with Crippen molar-refractivity contribution >= 4 is 0 Å². The van der Waals surface area contributed by atoms with E-state index in [-0.39, 0.29) is 0 Å². The minimum atomic E-state index is 0.454. The van der Waals surface area contributed by atoms with Crippen molar-refractivity contribution in [3.63, 3.8) is 0 Å². The van der Waals surface area contributed by atoms with E-state index >= 15 is 0 Å². The fraction of sp³-hybridized carbons (Fsp3) is 0.684. The van der Waals surface area contributed by atoms with Crippen LogP contribution >= 0.6 is 0 Å². The van der Waals surface area contributed by atoms with Gasteiger partial charge in [0.25, 0.3) is 0 Å². The van der Waals surface area contributed by atoms with Gasteiger partial charge < -0.3 is 10.2 Å². The van der Waals surface area contributed by atoms with Crippen LogP contribution in [0.2, 0.25) is 0 Å². The molecule has 2 heteroatoms. The molecule has 0 bridgehead atoms.